The van der Waals surface area contributed by atoms with Gasteiger partial charge >= 0.3 is 0 Å². The van der Waals surface area contributed by atoms with Gasteiger partial charge in [0.05, 0.1) is 4.99 Å². The normalized spacial score (nSPS) is 11.5. The van der Waals surface area contributed by atoms with E-state index in [1.54, 1.807) is 0 Å². The smallest absolute Gasteiger partial charge is 0.243 e. The molecule has 0 saturated carbocycles. The summed E-state index contributed by atoms with van der Waals surface area (Å²) in [5.74, 6) is -1.80. The molecule has 0 bridgehead atoms. The predicted molar refractivity (Wildman–Crippen MR) is 72.2 cm³/mol. The maximum atomic E-state index is 13.3. The molecule has 0 heterocycles. The van der Waals surface area contributed by atoms with Crippen LogP contribution in [0.1, 0.15) is 19.3 Å². The molecule has 0 aliphatic heterocycles. The van der Waals surface area contributed by atoms with Gasteiger partial charge in [-0.05, 0) is 37.5 Å². The highest BCUT2D eigenvalue weighted by Crippen LogP contribution is 2.15. The Bertz CT molecular complexity index is 562. The number of nitrogens with two attached hydrogens (primary N) is 1. The summed E-state index contributed by atoms with van der Waals surface area (Å²) >= 11 is 4.67. The number of thiocarbonyl (C=S) groups is 1. The van der Waals surface area contributed by atoms with E-state index >= 15 is 0 Å². The van der Waals surface area contributed by atoms with E-state index in [-0.39, 0.29) is 6.54 Å². The largest absolute Gasteiger partial charge is 0.393 e. The number of hydrogen-bond acceptors (Lipinski definition) is 3. The fourth-order valence-electron chi connectivity index (χ4n) is 1.39. The molecule has 8 heteroatoms. The van der Waals surface area contributed by atoms with Gasteiger partial charge in [0.2, 0.25) is 10.0 Å². The Kier molecular flexibility index (Phi) is 5.77. The summed E-state index contributed by atoms with van der Waals surface area (Å²) in [4.78, 5) is -0.333. The molecule has 0 aliphatic rings. The second-order valence-corrected chi connectivity index (χ2v) is 6.16. The second kappa shape index (κ2) is 6.88. The fourth-order valence-corrected chi connectivity index (χ4v) is 2.70. The van der Waals surface area contributed by atoms with Crippen LogP contribution in [0.4, 0.5) is 8.78 Å². The molecule has 0 spiro atoms. The van der Waals surface area contributed by atoms with Crippen molar-refractivity contribution in [3.8, 4) is 0 Å². The zero-order chi connectivity index (χ0) is 14.5. The topological polar surface area (TPSA) is 72.2 Å². The lowest BCUT2D eigenvalue weighted by Gasteiger charge is -2.07. The van der Waals surface area contributed by atoms with E-state index in [0.717, 1.165) is 12.1 Å². The lowest BCUT2D eigenvalue weighted by molar-refractivity contribution is 0.544. The lowest BCUT2D eigenvalue weighted by atomic mass is 10.2. The summed E-state index contributed by atoms with van der Waals surface area (Å²) < 4.78 is 51.9. The molecule has 0 aromatic heterocycles. The molecule has 0 unspecified atom stereocenters. The quantitative estimate of drug-likeness (QED) is 0.594. The molecule has 1 rings (SSSR count). The van der Waals surface area contributed by atoms with Gasteiger partial charge in [-0.2, -0.15) is 0 Å². The number of unbranched alkanes of at least 4 members (excludes halogenated alkanes) is 1. The zero-order valence-corrected chi connectivity index (χ0v) is 11.7. The first-order valence-corrected chi connectivity index (χ1v) is 7.45. The van der Waals surface area contributed by atoms with Crippen molar-refractivity contribution >= 4 is 27.2 Å². The van der Waals surface area contributed by atoms with Crippen LogP contribution in [0.15, 0.2) is 23.1 Å². The molecule has 19 heavy (non-hydrogen) atoms. The third kappa shape index (κ3) is 5.17. The molecule has 0 atom stereocenters. The summed E-state index contributed by atoms with van der Waals surface area (Å²) in [6, 6.07) is 2.28. The third-order valence-electron chi connectivity index (χ3n) is 2.32. The minimum Gasteiger partial charge on any atom is -0.393 e. The average molecular weight is 308 g/mol. The standard InChI is InChI=1S/C11H14F2N2O2S2/c12-8-4-5-9(13)10(7-8)19(16,17)15-6-2-1-3-11(14)18/h4-5,7,15H,1-3,6H2,(H2,14,18). The van der Waals surface area contributed by atoms with Crippen LogP contribution in [-0.4, -0.2) is 20.0 Å². The monoisotopic (exact) mass is 308 g/mol. The van der Waals surface area contributed by atoms with E-state index in [1.165, 1.54) is 0 Å². The number of hydrogen-bond donors (Lipinski definition) is 2. The summed E-state index contributed by atoms with van der Waals surface area (Å²) in [5, 5.41) is 0. The maximum Gasteiger partial charge on any atom is 0.243 e. The van der Waals surface area contributed by atoms with Gasteiger partial charge < -0.3 is 5.73 Å². The van der Waals surface area contributed by atoms with Gasteiger partial charge in [-0.3, -0.25) is 0 Å². The highest BCUT2D eigenvalue weighted by atomic mass is 32.2. The lowest BCUT2D eigenvalue weighted by Crippen LogP contribution is -2.26. The van der Waals surface area contributed by atoms with Crippen LogP contribution in [0, 0.1) is 11.6 Å². The number of benzene rings is 1. The number of rotatable bonds is 7. The van der Waals surface area contributed by atoms with Gasteiger partial charge in [0.15, 0.2) is 0 Å². The van der Waals surface area contributed by atoms with E-state index in [1.807, 2.05) is 0 Å². The molecule has 106 valence electrons. The summed E-state index contributed by atoms with van der Waals surface area (Å²) in [6.07, 6.45) is 1.66. The fraction of sp³-hybridized carbons (Fsp3) is 0.364. The van der Waals surface area contributed by atoms with Crippen LogP contribution >= 0.6 is 12.2 Å². The van der Waals surface area contributed by atoms with E-state index in [2.05, 4.69) is 16.9 Å². The van der Waals surface area contributed by atoms with E-state index in [0.29, 0.717) is 30.3 Å². The van der Waals surface area contributed by atoms with Crippen LogP contribution in [0.3, 0.4) is 0 Å². The molecule has 0 radical (unpaired) electrons. The Labute approximate surface area is 116 Å². The van der Waals surface area contributed by atoms with Gasteiger partial charge in [-0.15, -0.1) is 0 Å². The maximum absolute atomic E-state index is 13.3. The Hall–Kier alpha value is -1.12. The van der Waals surface area contributed by atoms with E-state index in [4.69, 9.17) is 5.73 Å². The van der Waals surface area contributed by atoms with Crippen molar-refractivity contribution in [1.82, 2.24) is 4.72 Å². The van der Waals surface area contributed by atoms with E-state index in [9.17, 15) is 17.2 Å². The Morgan fingerprint density at radius 3 is 2.63 bits per heavy atom. The molecule has 3 N–H and O–H groups in total. The average Bonchev–Trinajstić information content (AvgIpc) is 2.31. The van der Waals surface area contributed by atoms with Crippen molar-refractivity contribution in [2.75, 3.05) is 6.54 Å². The van der Waals surface area contributed by atoms with Crippen molar-refractivity contribution in [2.24, 2.45) is 5.73 Å². The first-order chi connectivity index (χ1) is 8.83. The van der Waals surface area contributed by atoms with Crippen LogP contribution in [-0.2, 0) is 10.0 Å². The molecule has 1 aromatic rings. The predicted octanol–water partition coefficient (Wildman–Crippen LogP) is 1.70. The van der Waals surface area contributed by atoms with Gasteiger partial charge in [0.25, 0.3) is 0 Å². The molecule has 0 fully saturated rings. The summed E-state index contributed by atoms with van der Waals surface area (Å²) in [5.41, 5.74) is 5.29. The Balaban J connectivity index is 2.61. The highest BCUT2D eigenvalue weighted by molar-refractivity contribution is 7.89. The third-order valence-corrected chi connectivity index (χ3v) is 4.00. The first kappa shape index (κ1) is 15.9. The first-order valence-electron chi connectivity index (χ1n) is 5.56. The SMILES string of the molecule is NC(=S)CCCCNS(=O)(=O)c1cc(F)ccc1F. The number of nitrogens with one attached hydrogen (secondary N) is 1. The summed E-state index contributed by atoms with van der Waals surface area (Å²) in [6.45, 7) is 0.112. The van der Waals surface area contributed by atoms with Crippen molar-refractivity contribution in [3.05, 3.63) is 29.8 Å². The molecule has 1 aromatic carbocycles. The van der Waals surface area contributed by atoms with Crippen molar-refractivity contribution in [1.29, 1.82) is 0 Å². The molecule has 0 saturated heterocycles. The van der Waals surface area contributed by atoms with Gasteiger partial charge in [0.1, 0.15) is 16.5 Å². The highest BCUT2D eigenvalue weighted by Gasteiger charge is 2.19. The molecular formula is C11H14F2N2O2S2. The molecular weight excluding hydrogens is 294 g/mol. The van der Waals surface area contributed by atoms with Crippen molar-refractivity contribution in [2.45, 2.75) is 24.2 Å². The van der Waals surface area contributed by atoms with Crippen LogP contribution in [0.25, 0.3) is 0 Å². The van der Waals surface area contributed by atoms with Gasteiger partial charge in [-0.1, -0.05) is 12.2 Å². The molecule has 0 aliphatic carbocycles. The van der Waals surface area contributed by atoms with Crippen molar-refractivity contribution in [3.63, 3.8) is 0 Å². The Morgan fingerprint density at radius 1 is 1.32 bits per heavy atom. The zero-order valence-electron chi connectivity index (χ0n) is 10.0. The second-order valence-electron chi connectivity index (χ2n) is 3.90. The summed E-state index contributed by atoms with van der Waals surface area (Å²) in [7, 11) is -4.04. The van der Waals surface area contributed by atoms with Gasteiger partial charge in [0, 0.05) is 6.54 Å². The number of halogens is 2. The van der Waals surface area contributed by atoms with Crippen molar-refractivity contribution < 1.29 is 17.2 Å². The van der Waals surface area contributed by atoms with Gasteiger partial charge in [-0.25, -0.2) is 21.9 Å². The minimum absolute atomic E-state index is 0.112. The number of sulfonamides is 1. The molecule has 4 nitrogen and oxygen atoms in total. The van der Waals surface area contributed by atoms with Crippen LogP contribution in [0.2, 0.25) is 0 Å². The van der Waals surface area contributed by atoms with Crippen LogP contribution < -0.4 is 10.5 Å². The van der Waals surface area contributed by atoms with Crippen LogP contribution in [0.5, 0.6) is 0 Å². The Morgan fingerprint density at radius 2 is 2.00 bits per heavy atom. The molecule has 0 amide bonds. The van der Waals surface area contributed by atoms with E-state index < -0.39 is 26.6 Å². The minimum atomic E-state index is -4.04.